The van der Waals surface area contributed by atoms with Gasteiger partial charge in [-0.15, -0.1) is 0 Å². The number of amides is 1. The van der Waals surface area contributed by atoms with E-state index in [0.29, 0.717) is 5.88 Å². The lowest BCUT2D eigenvalue weighted by atomic mass is 9.96. The van der Waals surface area contributed by atoms with Gasteiger partial charge in [0.25, 0.3) is 5.88 Å². The van der Waals surface area contributed by atoms with Crippen LogP contribution in [0.25, 0.3) is 11.0 Å². The van der Waals surface area contributed by atoms with Crippen LogP contribution in [-0.2, 0) is 4.79 Å². The second kappa shape index (κ2) is 8.14. The van der Waals surface area contributed by atoms with Crippen LogP contribution in [0.1, 0.15) is 12.8 Å². The summed E-state index contributed by atoms with van der Waals surface area (Å²) in [5.74, 6) is 1.31. The molecule has 1 fully saturated rings. The number of nitrogens with one attached hydrogen (secondary N) is 1. The molecule has 6 nitrogen and oxygen atoms in total. The first-order chi connectivity index (χ1) is 13.6. The van der Waals surface area contributed by atoms with Crippen LogP contribution in [0.3, 0.4) is 0 Å². The van der Waals surface area contributed by atoms with E-state index in [1.165, 1.54) is 0 Å². The van der Waals surface area contributed by atoms with Crippen LogP contribution in [0.4, 0.5) is 11.5 Å². The van der Waals surface area contributed by atoms with Gasteiger partial charge >= 0.3 is 0 Å². The van der Waals surface area contributed by atoms with Crippen molar-refractivity contribution in [2.24, 2.45) is 5.92 Å². The topological polar surface area (TPSA) is 67.4 Å². The van der Waals surface area contributed by atoms with E-state index in [1.54, 1.807) is 7.11 Å². The van der Waals surface area contributed by atoms with Crippen molar-refractivity contribution in [3.8, 4) is 5.88 Å². The van der Waals surface area contributed by atoms with Crippen LogP contribution in [0.15, 0.2) is 53.0 Å². The number of fused-ring (bicyclic) bond motifs is 1. The van der Waals surface area contributed by atoms with Gasteiger partial charge in [-0.25, -0.2) is 9.97 Å². The number of anilines is 2. The number of rotatable bonds is 4. The summed E-state index contributed by atoms with van der Waals surface area (Å²) in [5, 5.41) is 3.01. The Balaban J connectivity index is 1.45. The van der Waals surface area contributed by atoms with E-state index in [2.05, 4.69) is 31.1 Å². The molecule has 144 valence electrons. The quantitative estimate of drug-likeness (QED) is 0.656. The third kappa shape index (κ3) is 3.94. The molecule has 0 spiro atoms. The van der Waals surface area contributed by atoms with Crippen molar-refractivity contribution < 1.29 is 9.53 Å². The molecule has 1 N–H and O–H groups in total. The van der Waals surface area contributed by atoms with E-state index in [9.17, 15) is 4.79 Å². The summed E-state index contributed by atoms with van der Waals surface area (Å²) >= 11 is 3.43. The minimum atomic E-state index is -0.0188. The van der Waals surface area contributed by atoms with Gasteiger partial charge < -0.3 is 15.0 Å². The lowest BCUT2D eigenvalue weighted by Crippen LogP contribution is -2.38. The Morgan fingerprint density at radius 2 is 1.82 bits per heavy atom. The van der Waals surface area contributed by atoms with Crippen molar-refractivity contribution in [2.75, 3.05) is 30.4 Å². The van der Waals surface area contributed by atoms with E-state index in [1.807, 2.05) is 48.5 Å². The molecular formula is C21H21BrN4O2. The van der Waals surface area contributed by atoms with Gasteiger partial charge in [0.1, 0.15) is 0 Å². The second-order valence-corrected chi connectivity index (χ2v) is 7.72. The summed E-state index contributed by atoms with van der Waals surface area (Å²) in [6.07, 6.45) is 1.52. The van der Waals surface area contributed by atoms with Crippen LogP contribution in [0, 0.1) is 5.92 Å². The van der Waals surface area contributed by atoms with Gasteiger partial charge in [-0.3, -0.25) is 4.79 Å². The molecule has 1 aromatic heterocycles. The predicted molar refractivity (Wildman–Crippen MR) is 114 cm³/mol. The normalized spacial score (nSPS) is 14.9. The number of carbonyl (C=O) groups excluding carboxylic acids is 1. The largest absolute Gasteiger partial charge is 0.478 e. The average molecular weight is 441 g/mol. The van der Waals surface area contributed by atoms with Crippen LogP contribution in [0.5, 0.6) is 5.88 Å². The first-order valence-electron chi connectivity index (χ1n) is 9.26. The molecule has 0 aliphatic carbocycles. The monoisotopic (exact) mass is 440 g/mol. The number of aromatic nitrogens is 2. The lowest BCUT2D eigenvalue weighted by Gasteiger charge is -2.32. The first kappa shape index (κ1) is 18.7. The number of benzene rings is 2. The Labute approximate surface area is 172 Å². The summed E-state index contributed by atoms with van der Waals surface area (Å²) in [6, 6.07) is 15.4. The Bertz CT molecular complexity index is 1000. The summed E-state index contributed by atoms with van der Waals surface area (Å²) in [5.41, 5.74) is 2.46. The number of para-hydroxylation sites is 2. The highest BCUT2D eigenvalue weighted by Gasteiger charge is 2.27. The van der Waals surface area contributed by atoms with Crippen molar-refractivity contribution in [3.05, 3.63) is 53.0 Å². The third-order valence-corrected chi connectivity index (χ3v) is 5.47. The highest BCUT2D eigenvalue weighted by atomic mass is 79.9. The van der Waals surface area contributed by atoms with Crippen molar-refractivity contribution in [3.63, 3.8) is 0 Å². The molecule has 2 heterocycles. The number of hydrogen-bond donors (Lipinski definition) is 1. The molecule has 7 heteroatoms. The molecule has 0 radical (unpaired) electrons. The SMILES string of the molecule is COc1nc2ccccc2nc1N1CCC(C(=O)Nc2cccc(Br)c2)CC1. The summed E-state index contributed by atoms with van der Waals surface area (Å²) in [7, 11) is 1.61. The molecule has 1 amide bonds. The highest BCUT2D eigenvalue weighted by Crippen LogP contribution is 2.30. The maximum absolute atomic E-state index is 12.6. The average Bonchev–Trinajstić information content (AvgIpc) is 2.73. The minimum absolute atomic E-state index is 0.0188. The molecule has 28 heavy (non-hydrogen) atoms. The highest BCUT2D eigenvalue weighted by molar-refractivity contribution is 9.10. The smallest absolute Gasteiger partial charge is 0.257 e. The molecule has 3 aromatic rings. The van der Waals surface area contributed by atoms with Crippen molar-refractivity contribution >= 4 is 44.4 Å². The fourth-order valence-corrected chi connectivity index (χ4v) is 3.88. The second-order valence-electron chi connectivity index (χ2n) is 6.81. The number of hydrogen-bond acceptors (Lipinski definition) is 5. The number of ether oxygens (including phenoxy) is 1. The fourth-order valence-electron chi connectivity index (χ4n) is 3.48. The van der Waals surface area contributed by atoms with E-state index >= 15 is 0 Å². The molecule has 1 aliphatic heterocycles. The fraction of sp³-hybridized carbons (Fsp3) is 0.286. The van der Waals surface area contributed by atoms with Gasteiger partial charge in [0, 0.05) is 29.2 Å². The van der Waals surface area contributed by atoms with Crippen LogP contribution in [-0.4, -0.2) is 36.1 Å². The Morgan fingerprint density at radius 3 is 2.50 bits per heavy atom. The zero-order valence-electron chi connectivity index (χ0n) is 15.6. The molecule has 0 atom stereocenters. The standard InChI is InChI=1S/C21H21BrN4O2/c1-28-21-19(24-17-7-2-3-8-18(17)25-21)26-11-9-14(10-12-26)20(27)23-16-6-4-5-15(22)13-16/h2-8,13-14H,9-12H2,1H3,(H,23,27). The summed E-state index contributed by atoms with van der Waals surface area (Å²) in [6.45, 7) is 1.47. The summed E-state index contributed by atoms with van der Waals surface area (Å²) < 4.78 is 6.42. The zero-order chi connectivity index (χ0) is 19.5. The van der Waals surface area contributed by atoms with E-state index in [-0.39, 0.29) is 11.8 Å². The third-order valence-electron chi connectivity index (χ3n) is 4.97. The van der Waals surface area contributed by atoms with Gasteiger partial charge in [0.05, 0.1) is 18.1 Å². The van der Waals surface area contributed by atoms with Gasteiger partial charge in [-0.05, 0) is 43.2 Å². The maximum atomic E-state index is 12.6. The Hall–Kier alpha value is -2.67. The van der Waals surface area contributed by atoms with Crippen molar-refractivity contribution in [1.29, 1.82) is 0 Å². The summed E-state index contributed by atoms with van der Waals surface area (Å²) in [4.78, 5) is 24.1. The van der Waals surface area contributed by atoms with Gasteiger partial charge in [-0.1, -0.05) is 34.1 Å². The van der Waals surface area contributed by atoms with E-state index in [4.69, 9.17) is 9.72 Å². The van der Waals surface area contributed by atoms with Crippen LogP contribution >= 0.6 is 15.9 Å². The number of piperidine rings is 1. The zero-order valence-corrected chi connectivity index (χ0v) is 17.1. The number of nitrogens with zero attached hydrogens (tertiary/aromatic N) is 3. The number of methoxy groups -OCH3 is 1. The molecule has 0 saturated carbocycles. The van der Waals surface area contributed by atoms with E-state index in [0.717, 1.165) is 52.9 Å². The van der Waals surface area contributed by atoms with Crippen molar-refractivity contribution in [1.82, 2.24) is 9.97 Å². The first-order valence-corrected chi connectivity index (χ1v) is 10.1. The number of halogens is 1. The molecule has 0 unspecified atom stereocenters. The Morgan fingerprint density at radius 1 is 1.11 bits per heavy atom. The van der Waals surface area contributed by atoms with Gasteiger partial charge in [0.15, 0.2) is 5.82 Å². The predicted octanol–water partition coefficient (Wildman–Crippen LogP) is 4.26. The van der Waals surface area contributed by atoms with Gasteiger partial charge in [0.2, 0.25) is 5.91 Å². The molecular weight excluding hydrogens is 420 g/mol. The van der Waals surface area contributed by atoms with Crippen LogP contribution in [0.2, 0.25) is 0 Å². The van der Waals surface area contributed by atoms with Crippen LogP contribution < -0.4 is 15.0 Å². The number of carbonyl (C=O) groups is 1. The molecule has 4 rings (SSSR count). The Kier molecular flexibility index (Phi) is 5.43. The van der Waals surface area contributed by atoms with E-state index < -0.39 is 0 Å². The molecule has 0 bridgehead atoms. The minimum Gasteiger partial charge on any atom is -0.478 e. The molecule has 1 saturated heterocycles. The van der Waals surface area contributed by atoms with Gasteiger partial charge in [-0.2, -0.15) is 0 Å². The lowest BCUT2D eigenvalue weighted by molar-refractivity contribution is -0.120. The molecule has 2 aromatic carbocycles. The maximum Gasteiger partial charge on any atom is 0.257 e. The van der Waals surface area contributed by atoms with Crippen molar-refractivity contribution in [2.45, 2.75) is 12.8 Å². The molecule has 1 aliphatic rings.